The van der Waals surface area contributed by atoms with E-state index in [0.717, 1.165) is 16.7 Å². The lowest BCUT2D eigenvalue weighted by Crippen LogP contribution is -2.05. The Morgan fingerprint density at radius 1 is 1.00 bits per heavy atom. The summed E-state index contributed by atoms with van der Waals surface area (Å²) in [6.07, 6.45) is 0. The predicted molar refractivity (Wildman–Crippen MR) is 81.1 cm³/mol. The van der Waals surface area contributed by atoms with Gasteiger partial charge in [0.2, 0.25) is 0 Å². The highest BCUT2D eigenvalue weighted by molar-refractivity contribution is 6.32. The van der Waals surface area contributed by atoms with Crippen LogP contribution < -0.4 is 10.5 Å². The summed E-state index contributed by atoms with van der Waals surface area (Å²) in [5.74, 6) is 0.656. The largest absolute Gasteiger partial charge is 0.495 e. The average molecular weight is 296 g/mol. The topological polar surface area (TPSA) is 35.2 Å². The normalized spacial score (nSPS) is 12.3. The first-order valence-electron chi connectivity index (χ1n) is 5.92. The fourth-order valence-corrected chi connectivity index (χ4v) is 2.53. The van der Waals surface area contributed by atoms with E-state index in [1.807, 2.05) is 43.3 Å². The van der Waals surface area contributed by atoms with Gasteiger partial charge in [-0.3, -0.25) is 0 Å². The molecule has 0 saturated heterocycles. The van der Waals surface area contributed by atoms with Crippen molar-refractivity contribution in [3.8, 4) is 16.9 Å². The Morgan fingerprint density at radius 2 is 1.58 bits per heavy atom. The summed E-state index contributed by atoms with van der Waals surface area (Å²) in [5.41, 5.74) is 8.77. The van der Waals surface area contributed by atoms with E-state index >= 15 is 0 Å². The van der Waals surface area contributed by atoms with Gasteiger partial charge in [-0.05, 0) is 41.8 Å². The summed E-state index contributed by atoms with van der Waals surface area (Å²) in [4.78, 5) is 0. The fourth-order valence-electron chi connectivity index (χ4n) is 1.92. The van der Waals surface area contributed by atoms with E-state index in [1.165, 1.54) is 0 Å². The molecule has 2 nitrogen and oxygen atoms in total. The van der Waals surface area contributed by atoms with Gasteiger partial charge in [0, 0.05) is 11.1 Å². The molecule has 2 N–H and O–H groups in total. The first-order valence-corrected chi connectivity index (χ1v) is 6.67. The van der Waals surface area contributed by atoms with Crippen molar-refractivity contribution < 1.29 is 4.74 Å². The molecular weight excluding hydrogens is 281 g/mol. The number of hydrogen-bond acceptors (Lipinski definition) is 2. The SMILES string of the molecule is COc1ccc(-c2ccc(C(C)N)c(Cl)c2)cc1Cl. The number of ether oxygens (including phenoxy) is 1. The van der Waals surface area contributed by atoms with E-state index in [2.05, 4.69) is 0 Å². The molecule has 1 unspecified atom stereocenters. The van der Waals surface area contributed by atoms with Crippen molar-refractivity contribution in [3.05, 3.63) is 52.0 Å². The Kier molecular flexibility index (Phi) is 4.35. The molecule has 4 heteroatoms. The van der Waals surface area contributed by atoms with Crippen molar-refractivity contribution in [1.82, 2.24) is 0 Å². The minimum Gasteiger partial charge on any atom is -0.495 e. The van der Waals surface area contributed by atoms with Crippen molar-refractivity contribution in [1.29, 1.82) is 0 Å². The second kappa shape index (κ2) is 5.83. The first kappa shape index (κ1) is 14.2. The van der Waals surface area contributed by atoms with Gasteiger partial charge in [0.15, 0.2) is 0 Å². The number of rotatable bonds is 3. The summed E-state index contributed by atoms with van der Waals surface area (Å²) in [6, 6.07) is 11.4. The standard InChI is InChI=1S/C15H15Cl2NO/c1-9(18)12-5-3-10(7-13(12)16)11-4-6-15(19-2)14(17)8-11/h3-9H,18H2,1-2H3. The van der Waals surface area contributed by atoms with Gasteiger partial charge in [0.25, 0.3) is 0 Å². The van der Waals surface area contributed by atoms with Crippen LogP contribution in [0.1, 0.15) is 18.5 Å². The van der Waals surface area contributed by atoms with Gasteiger partial charge in [-0.25, -0.2) is 0 Å². The first-order chi connectivity index (χ1) is 9.02. The quantitative estimate of drug-likeness (QED) is 0.891. The molecule has 0 aliphatic heterocycles. The van der Waals surface area contributed by atoms with Crippen LogP contribution in [-0.4, -0.2) is 7.11 Å². The van der Waals surface area contributed by atoms with Crippen molar-refractivity contribution in [2.45, 2.75) is 13.0 Å². The molecule has 0 saturated carbocycles. The molecule has 2 aromatic carbocycles. The zero-order valence-corrected chi connectivity index (χ0v) is 12.3. The van der Waals surface area contributed by atoms with Crippen LogP contribution in [0.25, 0.3) is 11.1 Å². The molecule has 0 spiro atoms. The van der Waals surface area contributed by atoms with Crippen molar-refractivity contribution in [2.24, 2.45) is 5.73 Å². The van der Waals surface area contributed by atoms with Crippen LogP contribution in [0.4, 0.5) is 0 Å². The zero-order valence-electron chi connectivity index (χ0n) is 10.8. The van der Waals surface area contributed by atoms with E-state index in [9.17, 15) is 0 Å². The lowest BCUT2D eigenvalue weighted by molar-refractivity contribution is 0.415. The Bertz CT molecular complexity index is 597. The summed E-state index contributed by atoms with van der Waals surface area (Å²) >= 11 is 12.4. The summed E-state index contributed by atoms with van der Waals surface area (Å²) in [6.45, 7) is 1.91. The molecule has 0 fully saturated rings. The fraction of sp³-hybridized carbons (Fsp3) is 0.200. The van der Waals surface area contributed by atoms with Crippen LogP contribution in [0.15, 0.2) is 36.4 Å². The summed E-state index contributed by atoms with van der Waals surface area (Å²) in [7, 11) is 1.59. The monoisotopic (exact) mass is 295 g/mol. The van der Waals surface area contributed by atoms with Crippen LogP contribution in [0.2, 0.25) is 10.0 Å². The summed E-state index contributed by atoms with van der Waals surface area (Å²) < 4.78 is 5.14. The van der Waals surface area contributed by atoms with Crippen LogP contribution >= 0.6 is 23.2 Å². The van der Waals surface area contributed by atoms with Gasteiger partial charge in [-0.1, -0.05) is 41.4 Å². The molecule has 0 aliphatic carbocycles. The Hall–Kier alpha value is -1.22. The predicted octanol–water partition coefficient (Wildman–Crippen LogP) is 4.69. The van der Waals surface area contributed by atoms with Crippen molar-refractivity contribution >= 4 is 23.2 Å². The molecule has 2 rings (SSSR count). The van der Waals surface area contributed by atoms with Gasteiger partial charge >= 0.3 is 0 Å². The molecule has 19 heavy (non-hydrogen) atoms. The van der Waals surface area contributed by atoms with E-state index < -0.39 is 0 Å². The minimum atomic E-state index is -0.0824. The number of benzene rings is 2. The minimum absolute atomic E-state index is 0.0824. The van der Waals surface area contributed by atoms with Crippen LogP contribution in [-0.2, 0) is 0 Å². The highest BCUT2D eigenvalue weighted by Gasteiger charge is 2.08. The third kappa shape index (κ3) is 3.03. The molecule has 0 aliphatic rings. The maximum absolute atomic E-state index is 6.23. The smallest absolute Gasteiger partial charge is 0.137 e. The molecule has 0 heterocycles. The third-order valence-electron chi connectivity index (χ3n) is 2.98. The van der Waals surface area contributed by atoms with E-state index in [-0.39, 0.29) is 6.04 Å². The molecule has 0 amide bonds. The van der Waals surface area contributed by atoms with Crippen LogP contribution in [0.3, 0.4) is 0 Å². The summed E-state index contributed by atoms with van der Waals surface area (Å²) in [5, 5.41) is 1.24. The van der Waals surface area contributed by atoms with Crippen LogP contribution in [0.5, 0.6) is 5.75 Å². The highest BCUT2D eigenvalue weighted by Crippen LogP contribution is 2.32. The second-order valence-corrected chi connectivity index (χ2v) is 5.19. The number of hydrogen-bond donors (Lipinski definition) is 1. The average Bonchev–Trinajstić information content (AvgIpc) is 2.38. The number of halogens is 2. The van der Waals surface area contributed by atoms with Gasteiger partial charge in [-0.15, -0.1) is 0 Å². The molecule has 2 aromatic rings. The molecule has 0 bridgehead atoms. The zero-order chi connectivity index (χ0) is 14.0. The highest BCUT2D eigenvalue weighted by atomic mass is 35.5. The maximum Gasteiger partial charge on any atom is 0.137 e. The van der Waals surface area contributed by atoms with E-state index in [1.54, 1.807) is 7.11 Å². The Morgan fingerprint density at radius 3 is 2.05 bits per heavy atom. The lowest BCUT2D eigenvalue weighted by atomic mass is 10.0. The van der Waals surface area contributed by atoms with Crippen molar-refractivity contribution in [2.75, 3.05) is 7.11 Å². The third-order valence-corrected chi connectivity index (χ3v) is 3.60. The lowest BCUT2D eigenvalue weighted by Gasteiger charge is -2.11. The van der Waals surface area contributed by atoms with Gasteiger partial charge < -0.3 is 10.5 Å². The Balaban J connectivity index is 2.42. The van der Waals surface area contributed by atoms with Gasteiger partial charge in [0.1, 0.15) is 5.75 Å². The molecule has 1 atom stereocenters. The molecule has 0 radical (unpaired) electrons. The van der Waals surface area contributed by atoms with E-state index in [0.29, 0.717) is 15.8 Å². The molecule has 0 aromatic heterocycles. The second-order valence-electron chi connectivity index (χ2n) is 4.37. The van der Waals surface area contributed by atoms with E-state index in [4.69, 9.17) is 33.7 Å². The van der Waals surface area contributed by atoms with Gasteiger partial charge in [0.05, 0.1) is 12.1 Å². The maximum atomic E-state index is 6.23. The van der Waals surface area contributed by atoms with Crippen LogP contribution in [0, 0.1) is 0 Å². The van der Waals surface area contributed by atoms with Gasteiger partial charge in [-0.2, -0.15) is 0 Å². The molecular formula is C15H15Cl2NO. The molecule has 100 valence electrons. The Labute approximate surface area is 123 Å². The number of nitrogens with two attached hydrogens (primary N) is 1. The van der Waals surface area contributed by atoms with Crippen molar-refractivity contribution in [3.63, 3.8) is 0 Å². The number of methoxy groups -OCH3 is 1.